The van der Waals surface area contributed by atoms with Gasteiger partial charge in [0, 0.05) is 43.4 Å². The van der Waals surface area contributed by atoms with Crippen LogP contribution in [0.1, 0.15) is 34.8 Å². The summed E-state index contributed by atoms with van der Waals surface area (Å²) >= 11 is 0. The van der Waals surface area contributed by atoms with Crippen LogP contribution in [0.25, 0.3) is 10.9 Å². The number of fused-ring (bicyclic) bond motifs is 1. The predicted octanol–water partition coefficient (Wildman–Crippen LogP) is 1.92. The van der Waals surface area contributed by atoms with Gasteiger partial charge in [-0.1, -0.05) is 6.07 Å². The summed E-state index contributed by atoms with van der Waals surface area (Å²) in [5.74, 6) is -0.465. The van der Waals surface area contributed by atoms with Gasteiger partial charge >= 0.3 is 0 Å². The zero-order valence-electron chi connectivity index (χ0n) is 17.6. The number of nitrogens with one attached hydrogen (secondary N) is 2. The summed E-state index contributed by atoms with van der Waals surface area (Å²) in [6.07, 6.45) is 1.53. The standard InChI is InChI=1S/C21H25N7O3/c1-3-27(4-2)16-6-5-14-11-15(13-22-17(14)12-16)19(29)24-21-23-18(25-26-21)20(30)28-7-9-31-10-8-28/h5-6,11-13H,3-4,7-10H2,1-2H3,(H2,23,24,25,26,29). The van der Waals surface area contributed by atoms with Crippen LogP contribution in [0.3, 0.4) is 0 Å². The van der Waals surface area contributed by atoms with Crippen molar-refractivity contribution in [1.29, 1.82) is 0 Å². The molecule has 2 N–H and O–H groups in total. The number of benzene rings is 1. The predicted molar refractivity (Wildman–Crippen MR) is 116 cm³/mol. The lowest BCUT2D eigenvalue weighted by Gasteiger charge is -2.25. The maximum Gasteiger partial charge on any atom is 0.291 e. The zero-order valence-corrected chi connectivity index (χ0v) is 17.6. The molecule has 3 aromatic rings. The molecule has 2 aromatic heterocycles. The number of nitrogens with zero attached hydrogens (tertiary/aromatic N) is 5. The molecule has 3 heterocycles. The minimum atomic E-state index is -0.385. The monoisotopic (exact) mass is 423 g/mol. The first-order valence-electron chi connectivity index (χ1n) is 10.3. The number of ether oxygens (including phenoxy) is 1. The van der Waals surface area contributed by atoms with E-state index in [0.717, 1.165) is 29.7 Å². The molecular weight excluding hydrogens is 398 g/mol. The Morgan fingerprint density at radius 3 is 2.68 bits per heavy atom. The van der Waals surface area contributed by atoms with E-state index in [9.17, 15) is 9.59 Å². The molecule has 4 rings (SSSR count). The minimum absolute atomic E-state index is 0.0813. The van der Waals surface area contributed by atoms with Gasteiger partial charge < -0.3 is 19.5 Å². The number of hydrogen-bond acceptors (Lipinski definition) is 7. The molecule has 0 atom stereocenters. The maximum atomic E-state index is 12.6. The number of hydrogen-bond donors (Lipinski definition) is 2. The van der Waals surface area contributed by atoms with Gasteiger partial charge in [-0.05, 0) is 32.0 Å². The van der Waals surface area contributed by atoms with E-state index in [0.29, 0.717) is 31.9 Å². The SMILES string of the molecule is CCN(CC)c1ccc2cc(C(=O)Nc3nnc(C(=O)N4CCOCC4)[nH]3)cnc2c1. The lowest BCUT2D eigenvalue weighted by atomic mass is 10.1. The number of anilines is 2. The number of rotatable bonds is 6. The van der Waals surface area contributed by atoms with Crippen LogP contribution in [0.15, 0.2) is 30.5 Å². The quantitative estimate of drug-likeness (QED) is 0.622. The second-order valence-corrected chi connectivity index (χ2v) is 7.15. The number of amides is 2. The van der Waals surface area contributed by atoms with Crippen LogP contribution >= 0.6 is 0 Å². The highest BCUT2D eigenvalue weighted by Crippen LogP contribution is 2.22. The third-order valence-electron chi connectivity index (χ3n) is 5.28. The molecule has 0 radical (unpaired) electrons. The largest absolute Gasteiger partial charge is 0.378 e. The highest BCUT2D eigenvalue weighted by Gasteiger charge is 2.22. The molecule has 1 aromatic carbocycles. The number of carbonyl (C=O) groups is 2. The Kier molecular flexibility index (Phi) is 6.08. The van der Waals surface area contributed by atoms with Gasteiger partial charge in [0.1, 0.15) is 0 Å². The molecule has 1 aliphatic heterocycles. The van der Waals surface area contributed by atoms with Crippen molar-refractivity contribution in [1.82, 2.24) is 25.1 Å². The molecule has 162 valence electrons. The first-order chi connectivity index (χ1) is 15.1. The number of pyridine rings is 1. The topological polar surface area (TPSA) is 116 Å². The van der Waals surface area contributed by atoms with Crippen molar-refractivity contribution < 1.29 is 14.3 Å². The average molecular weight is 423 g/mol. The van der Waals surface area contributed by atoms with Crippen molar-refractivity contribution in [2.24, 2.45) is 0 Å². The summed E-state index contributed by atoms with van der Waals surface area (Å²) in [6.45, 7) is 8.03. The number of aromatic amines is 1. The molecule has 0 bridgehead atoms. The van der Waals surface area contributed by atoms with Gasteiger partial charge in [0.25, 0.3) is 11.8 Å². The van der Waals surface area contributed by atoms with Crippen LogP contribution in [0.5, 0.6) is 0 Å². The Morgan fingerprint density at radius 1 is 1.16 bits per heavy atom. The van der Waals surface area contributed by atoms with E-state index >= 15 is 0 Å². The lowest BCUT2D eigenvalue weighted by molar-refractivity contribution is 0.0295. The first kappa shape index (κ1) is 20.7. The fraction of sp³-hybridized carbons (Fsp3) is 0.381. The summed E-state index contributed by atoms with van der Waals surface area (Å²) in [4.78, 5) is 36.2. The van der Waals surface area contributed by atoms with Gasteiger partial charge in [0.15, 0.2) is 0 Å². The van der Waals surface area contributed by atoms with Gasteiger partial charge in [-0.25, -0.2) is 0 Å². The molecule has 31 heavy (non-hydrogen) atoms. The zero-order chi connectivity index (χ0) is 21.8. The highest BCUT2D eigenvalue weighted by molar-refractivity contribution is 6.05. The molecule has 2 amide bonds. The van der Waals surface area contributed by atoms with E-state index in [1.54, 1.807) is 11.0 Å². The third-order valence-corrected chi connectivity index (χ3v) is 5.28. The van der Waals surface area contributed by atoms with Gasteiger partial charge in [0.2, 0.25) is 11.8 Å². The van der Waals surface area contributed by atoms with Crippen LogP contribution in [-0.2, 0) is 4.74 Å². The molecule has 0 unspecified atom stereocenters. The fourth-order valence-electron chi connectivity index (χ4n) is 3.53. The van der Waals surface area contributed by atoms with Gasteiger partial charge in [-0.3, -0.25) is 19.9 Å². The van der Waals surface area contributed by atoms with Crippen LogP contribution in [0.2, 0.25) is 0 Å². The Bertz CT molecular complexity index is 1090. The van der Waals surface area contributed by atoms with Crippen molar-refractivity contribution in [2.45, 2.75) is 13.8 Å². The summed E-state index contributed by atoms with van der Waals surface area (Å²) < 4.78 is 5.25. The Hall–Kier alpha value is -3.53. The number of aromatic nitrogens is 4. The summed E-state index contributed by atoms with van der Waals surface area (Å²) in [7, 11) is 0. The number of morpholine rings is 1. The van der Waals surface area contributed by atoms with Crippen molar-refractivity contribution in [3.63, 3.8) is 0 Å². The van der Waals surface area contributed by atoms with Crippen LogP contribution in [-0.4, -0.2) is 76.3 Å². The molecule has 1 saturated heterocycles. The van der Waals surface area contributed by atoms with E-state index in [4.69, 9.17) is 4.74 Å². The van der Waals surface area contributed by atoms with E-state index in [1.807, 2.05) is 18.2 Å². The molecule has 0 saturated carbocycles. The first-order valence-corrected chi connectivity index (χ1v) is 10.3. The Morgan fingerprint density at radius 2 is 1.94 bits per heavy atom. The van der Waals surface area contributed by atoms with Gasteiger partial charge in [-0.2, -0.15) is 0 Å². The number of H-pyrrole nitrogens is 1. The normalized spacial score (nSPS) is 13.9. The molecule has 0 aliphatic carbocycles. The molecule has 1 fully saturated rings. The smallest absolute Gasteiger partial charge is 0.291 e. The summed E-state index contributed by atoms with van der Waals surface area (Å²) in [6, 6.07) is 7.78. The Labute approximate surface area is 179 Å². The summed E-state index contributed by atoms with van der Waals surface area (Å²) in [5, 5.41) is 11.2. The number of carbonyl (C=O) groups excluding carboxylic acids is 2. The van der Waals surface area contributed by atoms with E-state index in [2.05, 4.69) is 44.2 Å². The van der Waals surface area contributed by atoms with Gasteiger partial charge in [0.05, 0.1) is 24.3 Å². The molecule has 1 aliphatic rings. The second-order valence-electron chi connectivity index (χ2n) is 7.15. The molecule has 10 heteroatoms. The van der Waals surface area contributed by atoms with Gasteiger partial charge in [-0.15, -0.1) is 10.2 Å². The van der Waals surface area contributed by atoms with E-state index in [1.165, 1.54) is 6.20 Å². The molecule has 10 nitrogen and oxygen atoms in total. The maximum absolute atomic E-state index is 12.6. The van der Waals surface area contributed by atoms with Crippen LogP contribution < -0.4 is 10.2 Å². The van der Waals surface area contributed by atoms with Crippen molar-refractivity contribution in [2.75, 3.05) is 49.6 Å². The second kappa shape index (κ2) is 9.09. The van der Waals surface area contributed by atoms with Crippen molar-refractivity contribution in [3.05, 3.63) is 41.9 Å². The fourth-order valence-corrected chi connectivity index (χ4v) is 3.53. The van der Waals surface area contributed by atoms with E-state index < -0.39 is 0 Å². The highest BCUT2D eigenvalue weighted by atomic mass is 16.5. The molecular formula is C21H25N7O3. The van der Waals surface area contributed by atoms with Crippen LogP contribution in [0.4, 0.5) is 11.6 Å². The minimum Gasteiger partial charge on any atom is -0.378 e. The Balaban J connectivity index is 1.46. The van der Waals surface area contributed by atoms with E-state index in [-0.39, 0.29) is 23.6 Å². The molecule has 0 spiro atoms. The third kappa shape index (κ3) is 4.48. The summed E-state index contributed by atoms with van der Waals surface area (Å²) in [5.41, 5.74) is 2.31. The average Bonchev–Trinajstić information content (AvgIpc) is 3.28. The van der Waals surface area contributed by atoms with Crippen molar-refractivity contribution in [3.8, 4) is 0 Å². The van der Waals surface area contributed by atoms with Crippen molar-refractivity contribution >= 4 is 34.4 Å². The van der Waals surface area contributed by atoms with Crippen LogP contribution in [0, 0.1) is 0 Å². The lowest BCUT2D eigenvalue weighted by Crippen LogP contribution is -2.41.